The van der Waals surface area contributed by atoms with Gasteiger partial charge in [0, 0.05) is 58.4 Å². The molecule has 11 heteroatoms. The number of rotatable bonds is 6. The Morgan fingerprint density at radius 2 is 1.57 bits per heavy atom. The van der Waals surface area contributed by atoms with E-state index in [-0.39, 0.29) is 53.6 Å². The smallest absolute Gasteiger partial charge is 0.657 e. The van der Waals surface area contributed by atoms with Crippen LogP contribution in [0.4, 0.5) is 0 Å². The maximum absolute atomic E-state index is 14.0. The van der Waals surface area contributed by atoms with Crippen LogP contribution in [0.15, 0.2) is 18.2 Å². The molecule has 8 bridgehead atoms. The summed E-state index contributed by atoms with van der Waals surface area (Å²) < 4.78 is 5.12. The summed E-state index contributed by atoms with van der Waals surface area (Å²) in [4.78, 5) is 58.9. The van der Waals surface area contributed by atoms with Crippen molar-refractivity contribution in [3.05, 3.63) is 68.8 Å². The number of carbonyl (C=O) groups excluding carboxylic acids is 2. The van der Waals surface area contributed by atoms with Crippen LogP contribution in [0.2, 0.25) is 0 Å². The number of aryl methyl sites for hydroxylation is 2. The number of nitrogens with zero attached hydrogens (tertiary/aromatic N) is 4. The fourth-order valence-corrected chi connectivity index (χ4v) is 7.55. The molecule has 0 fully saturated rings. The number of methoxy groups -OCH3 is 1. The van der Waals surface area contributed by atoms with Gasteiger partial charge in [-0.2, -0.15) is 0 Å². The van der Waals surface area contributed by atoms with E-state index < -0.39 is 35.7 Å². The molecule has 3 unspecified atom stereocenters. The number of aliphatic hydroxyl groups is 1. The third-order valence-corrected chi connectivity index (χ3v) is 10.1. The Hall–Kier alpha value is -3.54. The van der Waals surface area contributed by atoms with Crippen molar-refractivity contribution in [3.63, 3.8) is 0 Å². The molecule has 0 saturated heterocycles. The van der Waals surface area contributed by atoms with Gasteiger partial charge in [-0.25, -0.2) is 0 Å². The maximum Gasteiger partial charge on any atom is 2.00 e. The zero-order valence-electron chi connectivity index (χ0n) is 27.3. The third kappa shape index (κ3) is 5.26. The van der Waals surface area contributed by atoms with E-state index in [2.05, 4.69) is 13.8 Å². The monoisotopic (exact) mass is 634 g/mol. The van der Waals surface area contributed by atoms with Crippen LogP contribution in [0.3, 0.4) is 0 Å². The van der Waals surface area contributed by atoms with E-state index in [1.807, 2.05) is 39.0 Å². The number of carbonyl (C=O) groups is 3. The molecule has 0 amide bonds. The van der Waals surface area contributed by atoms with Gasteiger partial charge < -0.3 is 24.9 Å². The summed E-state index contributed by atoms with van der Waals surface area (Å²) in [7, 11) is 1.25. The van der Waals surface area contributed by atoms with Crippen LogP contribution in [0.5, 0.6) is 0 Å². The van der Waals surface area contributed by atoms with Crippen LogP contribution < -0.4 is 9.97 Å². The zero-order chi connectivity index (χ0) is 32.5. The molecule has 6 atom stereocenters. The number of hydrogen-bond donors (Lipinski definition) is 2. The van der Waals surface area contributed by atoms with Crippen molar-refractivity contribution in [2.24, 2.45) is 0 Å². The molecule has 46 heavy (non-hydrogen) atoms. The predicted octanol–water partition coefficient (Wildman–Crippen LogP) is 5.36. The van der Waals surface area contributed by atoms with Gasteiger partial charge in [0.15, 0.2) is 5.78 Å². The molecule has 2 aliphatic heterocycles. The first-order valence-electron chi connectivity index (χ1n) is 15.6. The van der Waals surface area contributed by atoms with Gasteiger partial charge in [0.1, 0.15) is 5.92 Å². The molecule has 10 nitrogen and oxygen atoms in total. The molecule has 6 rings (SSSR count). The number of hydrogen-bond acceptors (Lipinski definition) is 7. The van der Waals surface area contributed by atoms with Crippen LogP contribution >= 0.6 is 0 Å². The van der Waals surface area contributed by atoms with E-state index in [4.69, 9.17) is 24.7 Å². The van der Waals surface area contributed by atoms with Gasteiger partial charge in [-0.3, -0.25) is 24.4 Å². The first-order chi connectivity index (χ1) is 21.4. The van der Waals surface area contributed by atoms with E-state index in [9.17, 15) is 24.6 Å². The van der Waals surface area contributed by atoms with Gasteiger partial charge in [-0.05, 0) is 44.7 Å². The molecule has 3 aromatic heterocycles. The quantitative estimate of drug-likeness (QED) is 0.205. The summed E-state index contributed by atoms with van der Waals surface area (Å²) >= 11 is 0. The summed E-state index contributed by atoms with van der Waals surface area (Å²) in [5.41, 5.74) is 8.07. The van der Waals surface area contributed by atoms with Crippen molar-refractivity contribution in [2.75, 3.05) is 7.11 Å². The third-order valence-electron chi connectivity index (χ3n) is 10.1. The number of carboxylic acid groups (broad SMARTS) is 1. The van der Waals surface area contributed by atoms with Crippen molar-refractivity contribution in [1.82, 2.24) is 19.9 Å². The Balaban J connectivity index is 0.00000417. The standard InChI is InChI=1S/C35H40N4O6.Mg/c1-8-19-14(2)21-13-26-28(18(6)40)16(4)23(37-26)11-22-15(3)20(9-10-27(41)42)32(38-22)30-31(35(44)45-7)34(43)29-17(5)24(39-33(29)30)12-25(19)36-21;/h11-15,18-20,31,40H,8-10H2,1-7H3,(H3,36,37,38,39,41,42,43);/q;+2/p-2/t14?,15-,18?,19?,20-,31+;/m0./s1. The molecule has 0 spiro atoms. The Morgan fingerprint density at radius 3 is 2.20 bits per heavy atom. The summed E-state index contributed by atoms with van der Waals surface area (Å²) in [6, 6.07) is 5.76. The number of fused-ring (bicyclic) bond motifs is 8. The van der Waals surface area contributed by atoms with Crippen molar-refractivity contribution >= 4 is 62.8 Å². The Labute approximate surface area is 283 Å². The molecule has 1 aliphatic carbocycles. The van der Waals surface area contributed by atoms with Gasteiger partial charge in [0.05, 0.1) is 13.2 Å². The number of Topliss-reactive ketones (excluding diaryl/α,β-unsaturated/α-hetero) is 1. The number of aliphatic hydroxyl groups excluding tert-OH is 1. The second-order valence-corrected chi connectivity index (χ2v) is 12.6. The average Bonchev–Trinajstić information content (AvgIpc) is 3.72. The van der Waals surface area contributed by atoms with Gasteiger partial charge in [-0.15, -0.1) is 22.1 Å². The second-order valence-electron chi connectivity index (χ2n) is 12.6. The van der Waals surface area contributed by atoms with Crippen LogP contribution in [0.1, 0.15) is 138 Å². The van der Waals surface area contributed by atoms with Gasteiger partial charge >= 0.3 is 35.0 Å². The molecule has 0 aromatic carbocycles. The van der Waals surface area contributed by atoms with E-state index >= 15 is 0 Å². The van der Waals surface area contributed by atoms with Crippen molar-refractivity contribution in [1.29, 1.82) is 0 Å². The number of ether oxygens (including phenoxy) is 1. The summed E-state index contributed by atoms with van der Waals surface area (Å²) in [5, 5.41) is 20.4. The topological polar surface area (TPSA) is 155 Å². The zero-order valence-corrected chi connectivity index (χ0v) is 28.8. The van der Waals surface area contributed by atoms with E-state index in [1.54, 1.807) is 6.92 Å². The number of aromatic nitrogens is 4. The predicted molar refractivity (Wildman–Crippen MR) is 173 cm³/mol. The molecule has 0 saturated carbocycles. The Bertz CT molecular complexity index is 1930. The molecule has 5 heterocycles. The van der Waals surface area contributed by atoms with E-state index in [0.717, 1.165) is 23.4 Å². The SMILES string of the molecule is CCC1c2cc3[n-]c4c(c3C)C(=O)[C@H](C(=O)OC)c4c3nc(cc4[n-]c(cc(n2)C1C)c(C(C)O)c4C)[C@@H](C)[C@@H]3CCC(=O)O.[Mg+2]. The van der Waals surface area contributed by atoms with Crippen LogP contribution in [0, 0.1) is 13.8 Å². The molecule has 2 N–H and O–H groups in total. The first-order valence-corrected chi connectivity index (χ1v) is 15.6. The summed E-state index contributed by atoms with van der Waals surface area (Å²) in [6.07, 6.45) is 0.202. The van der Waals surface area contributed by atoms with Gasteiger partial charge in [0.2, 0.25) is 0 Å². The number of carboxylic acids is 1. The van der Waals surface area contributed by atoms with Gasteiger partial charge in [-0.1, -0.05) is 50.1 Å². The van der Waals surface area contributed by atoms with Crippen LogP contribution in [-0.4, -0.2) is 68.1 Å². The molecular formula is C35H38MgN4O6. The minimum Gasteiger partial charge on any atom is -0.657 e. The Kier molecular flexibility index (Phi) is 9.24. The van der Waals surface area contributed by atoms with Gasteiger partial charge in [0.25, 0.3) is 0 Å². The molecule has 3 aliphatic rings. The summed E-state index contributed by atoms with van der Waals surface area (Å²) in [5.74, 6) is -3.74. The normalized spacial score (nSPS) is 22.4. The number of esters is 1. The molecule has 236 valence electrons. The van der Waals surface area contributed by atoms with Crippen molar-refractivity contribution in [2.45, 2.75) is 96.5 Å². The first kappa shape index (κ1) is 33.8. The average molecular weight is 635 g/mol. The van der Waals surface area contributed by atoms with Crippen LogP contribution in [0.25, 0.3) is 22.1 Å². The molecule has 3 aromatic rings. The van der Waals surface area contributed by atoms with Crippen molar-refractivity contribution in [3.8, 4) is 0 Å². The van der Waals surface area contributed by atoms with Crippen molar-refractivity contribution < 1.29 is 29.3 Å². The number of ketones is 1. The number of aliphatic carboxylic acids is 1. The van der Waals surface area contributed by atoms with Crippen LogP contribution in [-0.2, 0) is 14.3 Å². The minimum absolute atomic E-state index is 0. The second kappa shape index (κ2) is 12.6. The minimum atomic E-state index is -1.24. The molecule has 0 radical (unpaired) electrons. The largest absolute Gasteiger partial charge is 2.00 e. The Morgan fingerprint density at radius 1 is 0.957 bits per heavy atom. The fourth-order valence-electron chi connectivity index (χ4n) is 7.55. The summed E-state index contributed by atoms with van der Waals surface area (Å²) in [6.45, 7) is 11.7. The van der Waals surface area contributed by atoms with E-state index in [1.165, 1.54) is 7.11 Å². The maximum atomic E-state index is 14.0. The fraction of sp³-hybridized carbons (Fsp3) is 0.457. The van der Waals surface area contributed by atoms with E-state index in [0.29, 0.717) is 55.7 Å². The molecular weight excluding hydrogens is 597 g/mol.